The smallest absolute Gasteiger partial charge is 0.323 e. The van der Waals surface area contributed by atoms with Gasteiger partial charge in [-0.25, -0.2) is 4.39 Å². The van der Waals surface area contributed by atoms with Gasteiger partial charge in [0.15, 0.2) is 0 Å². The van der Waals surface area contributed by atoms with E-state index in [1.165, 1.54) is 18.6 Å². The van der Waals surface area contributed by atoms with Gasteiger partial charge in [0.25, 0.3) is 0 Å². The summed E-state index contributed by atoms with van der Waals surface area (Å²) >= 11 is 0. The van der Waals surface area contributed by atoms with Crippen LogP contribution < -0.4 is 4.74 Å². The molecule has 2 aliphatic rings. The molecule has 0 aromatic heterocycles. The molecule has 6 heteroatoms. The molecule has 0 unspecified atom stereocenters. The molecular formula is C26H30FNO4. The van der Waals surface area contributed by atoms with E-state index < -0.39 is 0 Å². The van der Waals surface area contributed by atoms with Crippen molar-refractivity contribution in [3.63, 3.8) is 0 Å². The normalized spacial score (nSPS) is 22.2. The summed E-state index contributed by atoms with van der Waals surface area (Å²) in [6.45, 7) is 1.23. The Morgan fingerprint density at radius 3 is 2.59 bits per heavy atom. The van der Waals surface area contributed by atoms with E-state index in [0.717, 1.165) is 42.4 Å². The molecule has 0 spiro atoms. The predicted octanol–water partition coefficient (Wildman–Crippen LogP) is 4.35. The number of nitrogens with zero attached hydrogens (tertiary/aromatic N) is 1. The lowest BCUT2D eigenvalue weighted by molar-refractivity contribution is -0.152. The van der Waals surface area contributed by atoms with Crippen LogP contribution in [0.3, 0.4) is 0 Å². The zero-order valence-electron chi connectivity index (χ0n) is 18.4. The van der Waals surface area contributed by atoms with Crippen molar-refractivity contribution >= 4 is 12.3 Å². The molecule has 1 saturated heterocycles. The topological polar surface area (TPSA) is 55.8 Å². The number of carbonyl (C=O) groups excluding carboxylic acids is 2. The number of halogens is 1. The largest absolute Gasteiger partial charge is 0.497 e. The number of carbonyl (C=O) groups is 2. The Balaban J connectivity index is 1.46. The molecule has 170 valence electrons. The van der Waals surface area contributed by atoms with E-state index in [1.807, 2.05) is 30.3 Å². The Kier molecular flexibility index (Phi) is 7.20. The zero-order chi connectivity index (χ0) is 22.5. The third kappa shape index (κ3) is 5.18. The van der Waals surface area contributed by atoms with Crippen LogP contribution in [0.25, 0.3) is 0 Å². The van der Waals surface area contributed by atoms with E-state index in [0.29, 0.717) is 19.0 Å². The van der Waals surface area contributed by atoms with Crippen LogP contribution in [0.4, 0.5) is 4.39 Å². The Labute approximate surface area is 188 Å². The minimum Gasteiger partial charge on any atom is -0.497 e. The summed E-state index contributed by atoms with van der Waals surface area (Å²) in [5, 5.41) is 0. The Bertz CT molecular complexity index is 928. The molecule has 2 aromatic rings. The molecule has 0 amide bonds. The molecule has 4 rings (SSSR count). The van der Waals surface area contributed by atoms with Crippen molar-refractivity contribution in [3.8, 4) is 5.75 Å². The SMILES string of the molecule is COc1ccc(COC(=O)[C@@H](CC2CCC2)N2C[C@H](c3cccc(F)c3)[C@@H](C=O)C2)cc1. The number of likely N-dealkylation sites (tertiary alicyclic amines) is 1. The molecule has 0 N–H and O–H groups in total. The van der Waals surface area contributed by atoms with E-state index in [-0.39, 0.29) is 36.3 Å². The molecule has 2 aromatic carbocycles. The summed E-state index contributed by atoms with van der Waals surface area (Å²) < 4.78 is 24.7. The second-order valence-corrected chi connectivity index (χ2v) is 8.92. The molecule has 0 bridgehead atoms. The van der Waals surface area contributed by atoms with Gasteiger partial charge in [-0.2, -0.15) is 0 Å². The Morgan fingerprint density at radius 1 is 1.19 bits per heavy atom. The molecule has 2 fully saturated rings. The van der Waals surface area contributed by atoms with Crippen LogP contribution >= 0.6 is 0 Å². The Morgan fingerprint density at radius 2 is 1.97 bits per heavy atom. The number of methoxy groups -OCH3 is 1. The number of hydrogen-bond acceptors (Lipinski definition) is 5. The fourth-order valence-electron chi connectivity index (χ4n) is 4.75. The second kappa shape index (κ2) is 10.3. The highest BCUT2D eigenvalue weighted by atomic mass is 19.1. The highest BCUT2D eigenvalue weighted by molar-refractivity contribution is 5.76. The van der Waals surface area contributed by atoms with Crippen molar-refractivity contribution in [2.24, 2.45) is 11.8 Å². The van der Waals surface area contributed by atoms with Crippen LogP contribution in [0.15, 0.2) is 48.5 Å². The second-order valence-electron chi connectivity index (χ2n) is 8.92. The maximum Gasteiger partial charge on any atom is 0.323 e. The predicted molar refractivity (Wildman–Crippen MR) is 119 cm³/mol. The molecule has 1 saturated carbocycles. The van der Waals surface area contributed by atoms with Gasteiger partial charge in [0.05, 0.1) is 7.11 Å². The number of hydrogen-bond donors (Lipinski definition) is 0. The third-order valence-corrected chi connectivity index (χ3v) is 6.88. The maximum absolute atomic E-state index is 13.8. The van der Waals surface area contributed by atoms with Crippen molar-refractivity contribution in [1.29, 1.82) is 0 Å². The first-order valence-corrected chi connectivity index (χ1v) is 11.3. The van der Waals surface area contributed by atoms with Crippen molar-refractivity contribution in [3.05, 3.63) is 65.5 Å². The number of aldehydes is 1. The van der Waals surface area contributed by atoms with E-state index in [2.05, 4.69) is 4.90 Å². The fourth-order valence-corrected chi connectivity index (χ4v) is 4.75. The highest BCUT2D eigenvalue weighted by Crippen LogP contribution is 2.37. The zero-order valence-corrected chi connectivity index (χ0v) is 18.4. The number of esters is 1. The van der Waals surface area contributed by atoms with Crippen LogP contribution in [0.5, 0.6) is 5.75 Å². The first-order chi connectivity index (χ1) is 15.6. The van der Waals surface area contributed by atoms with Gasteiger partial charge < -0.3 is 14.3 Å². The van der Waals surface area contributed by atoms with Gasteiger partial charge in [-0.1, -0.05) is 43.5 Å². The number of benzene rings is 2. The molecule has 5 nitrogen and oxygen atoms in total. The standard InChI is InChI=1S/C26H30FNO4/c1-31-23-10-8-19(9-11-23)17-32-26(30)25(12-18-4-2-5-18)28-14-21(16-29)24(15-28)20-6-3-7-22(27)13-20/h3,6-11,13,16,18,21,24-25H,2,4-5,12,14-15,17H2,1H3/t21-,24-,25-/m1/s1. The van der Waals surface area contributed by atoms with Crippen LogP contribution in [-0.4, -0.2) is 43.4 Å². The quantitative estimate of drug-likeness (QED) is 0.430. The average molecular weight is 440 g/mol. The van der Waals surface area contributed by atoms with Crippen molar-refractivity contribution in [1.82, 2.24) is 4.90 Å². The van der Waals surface area contributed by atoms with E-state index in [1.54, 1.807) is 13.2 Å². The fraction of sp³-hybridized carbons (Fsp3) is 0.462. The number of rotatable bonds is 9. The Hall–Kier alpha value is -2.73. The lowest BCUT2D eigenvalue weighted by Gasteiger charge is -2.33. The summed E-state index contributed by atoms with van der Waals surface area (Å²) in [4.78, 5) is 27.0. The van der Waals surface area contributed by atoms with Gasteiger partial charge in [0, 0.05) is 24.9 Å². The monoisotopic (exact) mass is 439 g/mol. The summed E-state index contributed by atoms with van der Waals surface area (Å²) in [7, 11) is 1.61. The molecule has 32 heavy (non-hydrogen) atoms. The van der Waals surface area contributed by atoms with Crippen LogP contribution in [0, 0.1) is 17.7 Å². The summed E-state index contributed by atoms with van der Waals surface area (Å²) in [5.74, 6) is 0.309. The van der Waals surface area contributed by atoms with Crippen LogP contribution in [-0.2, 0) is 20.9 Å². The van der Waals surface area contributed by atoms with Gasteiger partial charge in [-0.05, 0) is 47.7 Å². The van der Waals surface area contributed by atoms with Crippen molar-refractivity contribution in [2.45, 2.75) is 44.2 Å². The van der Waals surface area contributed by atoms with Crippen molar-refractivity contribution < 1.29 is 23.5 Å². The lowest BCUT2D eigenvalue weighted by Crippen LogP contribution is -2.43. The molecule has 3 atom stereocenters. The van der Waals surface area contributed by atoms with Crippen LogP contribution in [0.2, 0.25) is 0 Å². The van der Waals surface area contributed by atoms with Crippen molar-refractivity contribution in [2.75, 3.05) is 20.2 Å². The van der Waals surface area contributed by atoms with E-state index in [4.69, 9.17) is 9.47 Å². The summed E-state index contributed by atoms with van der Waals surface area (Å²) in [5.41, 5.74) is 1.70. The lowest BCUT2D eigenvalue weighted by atomic mass is 9.80. The first kappa shape index (κ1) is 22.5. The first-order valence-electron chi connectivity index (χ1n) is 11.3. The summed E-state index contributed by atoms with van der Waals surface area (Å²) in [6.07, 6.45) is 5.13. The average Bonchev–Trinajstić information content (AvgIpc) is 3.21. The molecular weight excluding hydrogens is 409 g/mol. The third-order valence-electron chi connectivity index (χ3n) is 6.88. The molecule has 1 aliphatic carbocycles. The van der Waals surface area contributed by atoms with E-state index in [9.17, 15) is 14.0 Å². The minimum absolute atomic E-state index is 0.124. The van der Waals surface area contributed by atoms with Crippen LogP contribution in [0.1, 0.15) is 42.7 Å². The van der Waals surface area contributed by atoms with E-state index >= 15 is 0 Å². The molecule has 0 radical (unpaired) electrons. The van der Waals surface area contributed by atoms with Gasteiger partial charge in [0.1, 0.15) is 30.5 Å². The number of ether oxygens (including phenoxy) is 2. The van der Waals surface area contributed by atoms with Gasteiger partial charge in [0.2, 0.25) is 0 Å². The molecule has 1 heterocycles. The molecule has 1 aliphatic heterocycles. The van der Waals surface area contributed by atoms with Gasteiger partial charge in [-0.15, -0.1) is 0 Å². The van der Waals surface area contributed by atoms with Gasteiger partial charge >= 0.3 is 5.97 Å². The highest BCUT2D eigenvalue weighted by Gasteiger charge is 2.41. The minimum atomic E-state index is -0.389. The summed E-state index contributed by atoms with van der Waals surface area (Å²) in [6, 6.07) is 13.5. The van der Waals surface area contributed by atoms with Gasteiger partial charge in [-0.3, -0.25) is 9.69 Å². The maximum atomic E-state index is 13.8.